The first-order valence-corrected chi connectivity index (χ1v) is 12.2. The van der Waals surface area contributed by atoms with E-state index in [0.717, 1.165) is 12.1 Å². The molecule has 1 fully saturated rings. The summed E-state index contributed by atoms with van der Waals surface area (Å²) in [5.41, 5.74) is 1.18. The summed E-state index contributed by atoms with van der Waals surface area (Å²) < 4.78 is 34.6. The Morgan fingerprint density at radius 1 is 1.03 bits per heavy atom. The molecule has 2 atom stereocenters. The van der Waals surface area contributed by atoms with Crippen LogP contribution in [0.5, 0.6) is 0 Å². The van der Waals surface area contributed by atoms with Gasteiger partial charge in [-0.25, -0.2) is 8.42 Å². The zero-order chi connectivity index (χ0) is 22.3. The van der Waals surface area contributed by atoms with E-state index in [4.69, 9.17) is 4.42 Å². The zero-order valence-electron chi connectivity index (χ0n) is 17.3. The first-order chi connectivity index (χ1) is 15.4. The van der Waals surface area contributed by atoms with Crippen molar-refractivity contribution >= 4 is 21.6 Å². The molecule has 0 radical (unpaired) electrons. The van der Waals surface area contributed by atoms with Crippen molar-refractivity contribution in [1.29, 1.82) is 0 Å². The van der Waals surface area contributed by atoms with Gasteiger partial charge in [0, 0.05) is 31.2 Å². The highest BCUT2D eigenvalue weighted by atomic mass is 32.2. The number of hydrogen-bond donors (Lipinski definition) is 1. The second-order valence-corrected chi connectivity index (χ2v) is 10.1. The number of nitrogens with zero attached hydrogens (tertiary/aromatic N) is 2. The second kappa shape index (κ2) is 7.98. The standard InChI is InChI=1S/C23H23N3O5S/c27-22-19(24-32(29,30)15-16-5-2-1-3-6-16)8-9-20-18-11-17(13-26(20)22)12-25(14-18)23(28)21-7-4-10-31-21/h1-10,17-18,24H,11-15H2/t17-,18-/m1/s1. The first-order valence-electron chi connectivity index (χ1n) is 10.5. The number of anilines is 1. The third-order valence-electron chi connectivity index (χ3n) is 6.09. The third kappa shape index (κ3) is 3.95. The maximum atomic E-state index is 13.1. The van der Waals surface area contributed by atoms with Gasteiger partial charge in [0.1, 0.15) is 5.69 Å². The Morgan fingerprint density at radius 2 is 1.84 bits per heavy atom. The summed E-state index contributed by atoms with van der Waals surface area (Å²) in [6, 6.07) is 15.5. The molecule has 3 aromatic rings. The van der Waals surface area contributed by atoms with E-state index >= 15 is 0 Å². The number of sulfonamides is 1. The summed E-state index contributed by atoms with van der Waals surface area (Å²) in [6.07, 6.45) is 2.37. The molecule has 32 heavy (non-hydrogen) atoms. The SMILES string of the molecule is O=C(c1ccco1)N1C[C@H]2C[C@H](C1)c1ccc(NS(=O)(=O)Cc3ccccc3)c(=O)n1C2. The maximum Gasteiger partial charge on any atom is 0.289 e. The molecule has 1 saturated heterocycles. The number of pyridine rings is 1. The Bertz CT molecular complexity index is 1300. The lowest BCUT2D eigenvalue weighted by Gasteiger charge is -2.42. The van der Waals surface area contributed by atoms with E-state index in [-0.39, 0.29) is 34.7 Å². The summed E-state index contributed by atoms with van der Waals surface area (Å²) in [4.78, 5) is 27.6. The van der Waals surface area contributed by atoms with Crippen LogP contribution in [0.15, 0.2) is 70.1 Å². The van der Waals surface area contributed by atoms with E-state index in [0.29, 0.717) is 31.0 Å². The molecule has 1 N–H and O–H groups in total. The normalized spacial score (nSPS) is 19.9. The monoisotopic (exact) mass is 453 g/mol. The minimum Gasteiger partial charge on any atom is -0.459 e. The van der Waals surface area contributed by atoms with Crippen LogP contribution in [0.4, 0.5) is 5.69 Å². The number of benzene rings is 1. The van der Waals surface area contributed by atoms with Gasteiger partial charge in [-0.1, -0.05) is 30.3 Å². The molecule has 2 bridgehead atoms. The van der Waals surface area contributed by atoms with Crippen LogP contribution >= 0.6 is 0 Å². The number of rotatable bonds is 5. The molecular weight excluding hydrogens is 430 g/mol. The Morgan fingerprint density at radius 3 is 2.59 bits per heavy atom. The van der Waals surface area contributed by atoms with Gasteiger partial charge < -0.3 is 13.9 Å². The summed E-state index contributed by atoms with van der Waals surface area (Å²) in [6.45, 7) is 1.47. The highest BCUT2D eigenvalue weighted by Crippen LogP contribution is 2.36. The van der Waals surface area contributed by atoms with E-state index in [9.17, 15) is 18.0 Å². The highest BCUT2D eigenvalue weighted by Gasteiger charge is 2.37. The largest absolute Gasteiger partial charge is 0.459 e. The molecule has 1 amide bonds. The molecule has 0 aliphatic carbocycles. The summed E-state index contributed by atoms with van der Waals surface area (Å²) in [5.74, 6) is 0.0962. The van der Waals surface area contributed by atoms with Crippen molar-refractivity contribution in [3.63, 3.8) is 0 Å². The van der Waals surface area contributed by atoms with Gasteiger partial charge in [0.25, 0.3) is 11.5 Å². The number of fused-ring (bicyclic) bond motifs is 4. The molecule has 8 nitrogen and oxygen atoms in total. The fourth-order valence-electron chi connectivity index (χ4n) is 4.74. The Kier molecular flexibility index (Phi) is 5.13. The van der Waals surface area contributed by atoms with Gasteiger partial charge in [0.05, 0.1) is 12.0 Å². The van der Waals surface area contributed by atoms with Crippen molar-refractivity contribution in [2.45, 2.75) is 24.6 Å². The Balaban J connectivity index is 1.37. The lowest BCUT2D eigenvalue weighted by atomic mass is 9.83. The number of carbonyl (C=O) groups is 1. The number of piperidine rings is 1. The summed E-state index contributed by atoms with van der Waals surface area (Å²) in [5, 5.41) is 0. The molecule has 9 heteroatoms. The van der Waals surface area contributed by atoms with Gasteiger partial charge in [-0.05, 0) is 42.2 Å². The Labute approximate surface area is 185 Å². The third-order valence-corrected chi connectivity index (χ3v) is 7.33. The van der Waals surface area contributed by atoms with Crippen LogP contribution in [0.3, 0.4) is 0 Å². The summed E-state index contributed by atoms with van der Waals surface area (Å²) >= 11 is 0. The van der Waals surface area contributed by atoms with Crippen molar-refractivity contribution in [3.05, 3.63) is 88.2 Å². The highest BCUT2D eigenvalue weighted by molar-refractivity contribution is 7.91. The van der Waals surface area contributed by atoms with Crippen LogP contribution in [0, 0.1) is 5.92 Å². The van der Waals surface area contributed by atoms with Crippen LogP contribution in [0.2, 0.25) is 0 Å². The number of aromatic nitrogens is 1. The smallest absolute Gasteiger partial charge is 0.289 e. The quantitative estimate of drug-likeness (QED) is 0.640. The number of nitrogens with one attached hydrogen (secondary N) is 1. The molecule has 0 spiro atoms. The van der Waals surface area contributed by atoms with E-state index in [1.165, 1.54) is 12.3 Å². The molecular formula is C23H23N3O5S. The number of furan rings is 1. The molecule has 0 unspecified atom stereocenters. The molecule has 166 valence electrons. The predicted octanol–water partition coefficient (Wildman–Crippen LogP) is 2.64. The van der Waals surface area contributed by atoms with Crippen molar-refractivity contribution in [1.82, 2.24) is 9.47 Å². The fourth-order valence-corrected chi connectivity index (χ4v) is 5.94. The van der Waals surface area contributed by atoms with Crippen molar-refractivity contribution in [2.75, 3.05) is 17.8 Å². The topological polar surface area (TPSA) is 102 Å². The minimum absolute atomic E-state index is 0.0177. The molecule has 5 rings (SSSR count). The first kappa shape index (κ1) is 20.6. The van der Waals surface area contributed by atoms with E-state index in [2.05, 4.69) is 4.72 Å². The zero-order valence-corrected chi connectivity index (χ0v) is 18.1. The van der Waals surface area contributed by atoms with Crippen molar-refractivity contribution in [2.24, 2.45) is 5.92 Å². The minimum atomic E-state index is -3.73. The van der Waals surface area contributed by atoms with Crippen LogP contribution in [-0.4, -0.2) is 36.9 Å². The van der Waals surface area contributed by atoms with E-state index < -0.39 is 10.0 Å². The lowest BCUT2D eigenvalue weighted by Crippen LogP contribution is -2.49. The average molecular weight is 454 g/mol. The molecule has 2 aliphatic rings. The van der Waals surface area contributed by atoms with E-state index in [1.54, 1.807) is 51.9 Å². The fraction of sp³-hybridized carbons (Fsp3) is 0.304. The number of carbonyl (C=O) groups excluding carboxylic acids is 1. The predicted molar refractivity (Wildman–Crippen MR) is 119 cm³/mol. The number of amides is 1. The van der Waals surface area contributed by atoms with Gasteiger partial charge in [-0.15, -0.1) is 0 Å². The molecule has 0 saturated carbocycles. The Hall–Kier alpha value is -3.33. The maximum absolute atomic E-state index is 13.1. The molecule has 2 aliphatic heterocycles. The van der Waals surface area contributed by atoms with Crippen LogP contribution in [0.1, 0.15) is 34.2 Å². The van der Waals surface area contributed by atoms with Crippen molar-refractivity contribution in [3.8, 4) is 0 Å². The molecule has 1 aromatic carbocycles. The summed E-state index contributed by atoms with van der Waals surface area (Å²) in [7, 11) is -3.73. The average Bonchev–Trinajstić information content (AvgIpc) is 3.30. The van der Waals surface area contributed by atoms with Crippen LogP contribution in [-0.2, 0) is 22.3 Å². The van der Waals surface area contributed by atoms with Crippen LogP contribution in [0.25, 0.3) is 0 Å². The number of hydrogen-bond acceptors (Lipinski definition) is 5. The van der Waals surface area contributed by atoms with Crippen molar-refractivity contribution < 1.29 is 17.6 Å². The van der Waals surface area contributed by atoms with Gasteiger partial charge in [0.2, 0.25) is 10.0 Å². The molecule has 2 aromatic heterocycles. The van der Waals surface area contributed by atoms with Crippen LogP contribution < -0.4 is 10.3 Å². The molecule has 4 heterocycles. The lowest BCUT2D eigenvalue weighted by molar-refractivity contribution is 0.0564. The van der Waals surface area contributed by atoms with Gasteiger partial charge >= 0.3 is 0 Å². The number of likely N-dealkylation sites (tertiary alicyclic amines) is 1. The van der Waals surface area contributed by atoms with Gasteiger partial charge in [-0.2, -0.15) is 0 Å². The van der Waals surface area contributed by atoms with Gasteiger partial charge in [0.15, 0.2) is 5.76 Å². The second-order valence-electron chi connectivity index (χ2n) is 8.42. The van der Waals surface area contributed by atoms with Gasteiger partial charge in [-0.3, -0.25) is 14.3 Å². The van der Waals surface area contributed by atoms with E-state index in [1.807, 2.05) is 6.07 Å².